The van der Waals surface area contributed by atoms with Crippen LogP contribution in [0.5, 0.6) is 0 Å². The lowest BCUT2D eigenvalue weighted by atomic mass is 9.73. The largest absolute Gasteiger partial charge is 0.462 e. The van der Waals surface area contributed by atoms with Gasteiger partial charge in [-0.3, -0.25) is 0 Å². The van der Waals surface area contributed by atoms with Gasteiger partial charge >= 0.3 is 11.9 Å². The molecule has 0 bridgehead atoms. The van der Waals surface area contributed by atoms with E-state index in [2.05, 4.69) is 75.6 Å². The number of esters is 2. The number of carbonyl (C=O) groups is 2. The van der Waals surface area contributed by atoms with Crippen molar-refractivity contribution in [1.29, 1.82) is 0 Å². The van der Waals surface area contributed by atoms with Crippen LogP contribution in [0.3, 0.4) is 0 Å². The number of aliphatic hydroxyl groups excluding tert-OH is 2. The highest BCUT2D eigenvalue weighted by molar-refractivity contribution is 5.88. The quantitative estimate of drug-likeness (QED) is 0.104. The number of allylic oxidation sites excluding steroid dienone is 1. The van der Waals surface area contributed by atoms with Crippen molar-refractivity contribution in [3.05, 3.63) is 100 Å². The molecule has 2 N–H and O–H groups in total. The Morgan fingerprint density at radius 1 is 0.809 bits per heavy atom. The minimum absolute atomic E-state index is 0.0113. The van der Waals surface area contributed by atoms with Gasteiger partial charge < -0.3 is 19.7 Å². The van der Waals surface area contributed by atoms with Gasteiger partial charge in [0.25, 0.3) is 0 Å². The number of hydrogen-bond acceptors (Lipinski definition) is 6. The van der Waals surface area contributed by atoms with Crippen LogP contribution in [0.2, 0.25) is 0 Å². The molecule has 254 valence electrons. The van der Waals surface area contributed by atoms with Crippen LogP contribution in [0.15, 0.2) is 66.8 Å². The molecule has 2 aliphatic rings. The second-order valence-corrected chi connectivity index (χ2v) is 13.5. The summed E-state index contributed by atoms with van der Waals surface area (Å²) in [6, 6.07) is 14.2. The van der Waals surface area contributed by atoms with Crippen LogP contribution in [-0.2, 0) is 38.3 Å². The van der Waals surface area contributed by atoms with Crippen LogP contribution in [0.25, 0.3) is 6.08 Å². The molecule has 0 saturated heterocycles. The van der Waals surface area contributed by atoms with Crippen LogP contribution in [0.4, 0.5) is 0 Å². The zero-order chi connectivity index (χ0) is 33.8. The summed E-state index contributed by atoms with van der Waals surface area (Å²) >= 11 is 0. The van der Waals surface area contributed by atoms with Crippen molar-refractivity contribution < 1.29 is 29.3 Å². The predicted octanol–water partition coefficient (Wildman–Crippen LogP) is 7.80. The van der Waals surface area contributed by atoms with Crippen molar-refractivity contribution in [2.75, 3.05) is 26.4 Å². The number of ether oxygens (including phenoxy) is 2. The number of carbonyl (C=O) groups excluding carboxylic acids is 2. The molecule has 6 heteroatoms. The minimum atomic E-state index is -0.651. The lowest BCUT2D eigenvalue weighted by Crippen LogP contribution is -2.31. The van der Waals surface area contributed by atoms with Crippen molar-refractivity contribution in [2.24, 2.45) is 11.8 Å². The first-order chi connectivity index (χ1) is 22.8. The molecule has 1 atom stereocenters. The van der Waals surface area contributed by atoms with E-state index in [-0.39, 0.29) is 36.2 Å². The van der Waals surface area contributed by atoms with Crippen LogP contribution >= 0.6 is 0 Å². The van der Waals surface area contributed by atoms with Crippen molar-refractivity contribution in [1.82, 2.24) is 0 Å². The normalized spacial score (nSPS) is 18.9. The third kappa shape index (κ3) is 10.0. The molecular weight excluding hydrogens is 588 g/mol. The molecule has 0 aromatic heterocycles. The molecular formula is C41H54O6. The van der Waals surface area contributed by atoms with Crippen LogP contribution in [0.1, 0.15) is 110 Å². The zero-order valence-corrected chi connectivity index (χ0v) is 28.5. The number of aliphatic hydroxyl groups is 2. The summed E-state index contributed by atoms with van der Waals surface area (Å²) in [5, 5.41) is 18.4. The lowest BCUT2D eigenvalue weighted by Gasteiger charge is -2.34. The molecule has 0 aliphatic heterocycles. The summed E-state index contributed by atoms with van der Waals surface area (Å²) in [6.45, 7) is 10.8. The van der Waals surface area contributed by atoms with Gasteiger partial charge in [0, 0.05) is 11.8 Å². The van der Waals surface area contributed by atoms with Gasteiger partial charge in [-0.15, -0.1) is 0 Å². The molecule has 4 rings (SSSR count). The Morgan fingerprint density at radius 3 is 2.09 bits per heavy atom. The van der Waals surface area contributed by atoms with Crippen molar-refractivity contribution in [2.45, 2.75) is 96.3 Å². The van der Waals surface area contributed by atoms with Gasteiger partial charge in [-0.2, -0.15) is 0 Å². The van der Waals surface area contributed by atoms with E-state index >= 15 is 0 Å². The Labute approximate surface area is 281 Å². The Hall–Kier alpha value is -3.48. The number of hydrogen-bond donors (Lipinski definition) is 2. The fourth-order valence-corrected chi connectivity index (χ4v) is 7.09. The third-order valence-corrected chi connectivity index (χ3v) is 10.1. The molecule has 2 aromatic carbocycles. The van der Waals surface area contributed by atoms with Gasteiger partial charge in [-0.25, -0.2) is 9.59 Å². The molecule has 1 unspecified atom stereocenters. The molecule has 2 aromatic rings. The van der Waals surface area contributed by atoms with Gasteiger partial charge in [-0.05, 0) is 96.6 Å². The number of aryl methyl sites for hydroxylation is 2. The minimum Gasteiger partial charge on any atom is -0.462 e. The summed E-state index contributed by atoms with van der Waals surface area (Å²) < 4.78 is 10.8. The highest BCUT2D eigenvalue weighted by Crippen LogP contribution is 2.41. The van der Waals surface area contributed by atoms with Gasteiger partial charge in [0.15, 0.2) is 0 Å². The number of unbranched alkanes of at least 4 members (excludes halogenated alkanes) is 2. The molecule has 1 saturated carbocycles. The van der Waals surface area contributed by atoms with E-state index in [9.17, 15) is 19.8 Å². The van der Waals surface area contributed by atoms with Gasteiger partial charge in [0.1, 0.15) is 0 Å². The van der Waals surface area contributed by atoms with E-state index in [0.29, 0.717) is 11.8 Å². The highest BCUT2D eigenvalue weighted by atomic mass is 16.5. The monoisotopic (exact) mass is 642 g/mol. The first-order valence-electron chi connectivity index (χ1n) is 17.6. The second kappa shape index (κ2) is 18.2. The van der Waals surface area contributed by atoms with Gasteiger partial charge in [0.2, 0.25) is 0 Å². The molecule has 0 spiro atoms. The van der Waals surface area contributed by atoms with E-state index in [0.717, 1.165) is 38.5 Å². The van der Waals surface area contributed by atoms with E-state index in [4.69, 9.17) is 9.47 Å². The second-order valence-electron chi connectivity index (χ2n) is 13.5. The molecule has 0 amide bonds. The van der Waals surface area contributed by atoms with Crippen molar-refractivity contribution in [3.63, 3.8) is 0 Å². The summed E-state index contributed by atoms with van der Waals surface area (Å²) in [6.07, 6.45) is 16.8. The average molecular weight is 643 g/mol. The van der Waals surface area contributed by atoms with Crippen molar-refractivity contribution in [3.8, 4) is 0 Å². The molecule has 47 heavy (non-hydrogen) atoms. The summed E-state index contributed by atoms with van der Waals surface area (Å²) in [5.41, 5.74) is 8.52. The zero-order valence-electron chi connectivity index (χ0n) is 28.5. The van der Waals surface area contributed by atoms with Crippen LogP contribution in [-0.4, -0.2) is 48.6 Å². The molecule has 2 aliphatic carbocycles. The SMILES string of the molecule is C=C(CO)C(=O)OCC(COC(=O)C(=C)CO)C1CCC(c2ccc3c(c2)C=CC(c2ccc(CCCCC)c(CCC)c2)C3)CC1. The smallest absolute Gasteiger partial charge is 0.335 e. The molecule has 0 radical (unpaired) electrons. The first kappa shape index (κ1) is 36.4. The van der Waals surface area contributed by atoms with E-state index < -0.39 is 25.2 Å². The third-order valence-electron chi connectivity index (χ3n) is 10.1. The lowest BCUT2D eigenvalue weighted by molar-refractivity contribution is -0.146. The van der Waals surface area contributed by atoms with Gasteiger partial charge in [0.05, 0.1) is 37.6 Å². The fraction of sp³-hybridized carbons (Fsp3) is 0.512. The van der Waals surface area contributed by atoms with E-state index in [1.165, 1.54) is 65.5 Å². The Bertz CT molecular complexity index is 1380. The summed E-state index contributed by atoms with van der Waals surface area (Å²) in [5.74, 6) is -0.467. The maximum absolute atomic E-state index is 12.2. The number of fused-ring (bicyclic) bond motifs is 1. The van der Waals surface area contributed by atoms with Gasteiger partial charge in [-0.1, -0.05) is 94.8 Å². The standard InChI is InChI=1S/C41H54O6/c1-5-7-8-10-30-15-16-35(21-33(30)9-6-2)38-20-19-36-22-34(17-18-37(36)23-38)31-11-13-32(14-12-31)39(26-46-40(44)28(3)24-42)27-47-41(45)29(4)25-43/h15-22,31-32,38-39,42-43H,3-14,23-27H2,1-2H3. The summed E-state index contributed by atoms with van der Waals surface area (Å²) in [4.78, 5) is 24.3. The Kier molecular flexibility index (Phi) is 14.1. The van der Waals surface area contributed by atoms with E-state index in [1.807, 2.05) is 0 Å². The van der Waals surface area contributed by atoms with Crippen molar-refractivity contribution >= 4 is 18.0 Å². The Balaban J connectivity index is 1.38. The van der Waals surface area contributed by atoms with E-state index in [1.54, 1.807) is 0 Å². The fourth-order valence-electron chi connectivity index (χ4n) is 7.09. The predicted molar refractivity (Wildman–Crippen MR) is 188 cm³/mol. The average Bonchev–Trinajstić information content (AvgIpc) is 3.11. The van der Waals surface area contributed by atoms with Crippen LogP contribution in [0, 0.1) is 11.8 Å². The number of benzene rings is 2. The Morgan fingerprint density at radius 2 is 1.47 bits per heavy atom. The molecule has 1 fully saturated rings. The molecule has 0 heterocycles. The van der Waals surface area contributed by atoms with Crippen LogP contribution < -0.4 is 0 Å². The highest BCUT2D eigenvalue weighted by Gasteiger charge is 2.31. The maximum atomic E-state index is 12.2. The maximum Gasteiger partial charge on any atom is 0.335 e. The first-order valence-corrected chi connectivity index (χ1v) is 17.6. The number of rotatable bonds is 17. The molecule has 6 nitrogen and oxygen atoms in total. The summed E-state index contributed by atoms with van der Waals surface area (Å²) in [7, 11) is 0. The topological polar surface area (TPSA) is 93.1 Å².